The SMILES string of the molecule is CO/C=C/C=C1\C(=O)c2ccccc2S1(=O)=O. The number of rotatable bonds is 2. The molecule has 0 spiro atoms. The fourth-order valence-corrected chi connectivity index (χ4v) is 3.19. The number of ketones is 1. The van der Waals surface area contributed by atoms with Gasteiger partial charge in [-0.3, -0.25) is 4.79 Å². The maximum absolute atomic E-state index is 12.0. The average Bonchev–Trinajstić information content (AvgIpc) is 2.51. The predicted molar refractivity (Wildman–Crippen MR) is 62.2 cm³/mol. The number of benzene rings is 1. The summed E-state index contributed by atoms with van der Waals surface area (Å²) in [7, 11) is -2.23. The molecule has 0 fully saturated rings. The van der Waals surface area contributed by atoms with Gasteiger partial charge in [-0.1, -0.05) is 12.1 Å². The number of Topliss-reactive ketones (excluding diaryl/α,β-unsaturated/α-hetero) is 1. The molecular weight excluding hydrogens is 240 g/mol. The molecule has 5 heteroatoms. The second kappa shape index (κ2) is 4.18. The minimum absolute atomic E-state index is 0.0714. The van der Waals surface area contributed by atoms with E-state index >= 15 is 0 Å². The van der Waals surface area contributed by atoms with E-state index in [-0.39, 0.29) is 15.4 Å². The summed E-state index contributed by atoms with van der Waals surface area (Å²) in [5.74, 6) is -0.471. The van der Waals surface area contributed by atoms with Crippen molar-refractivity contribution >= 4 is 15.6 Å². The summed E-state index contributed by atoms with van der Waals surface area (Å²) in [6.45, 7) is 0. The van der Waals surface area contributed by atoms with Gasteiger partial charge in [-0.25, -0.2) is 8.42 Å². The molecule has 0 bridgehead atoms. The summed E-state index contributed by atoms with van der Waals surface area (Å²) in [6, 6.07) is 6.18. The van der Waals surface area contributed by atoms with Crippen LogP contribution < -0.4 is 0 Å². The molecule has 4 nitrogen and oxygen atoms in total. The van der Waals surface area contributed by atoms with E-state index in [4.69, 9.17) is 0 Å². The van der Waals surface area contributed by atoms with Crippen molar-refractivity contribution in [2.24, 2.45) is 0 Å². The van der Waals surface area contributed by atoms with Gasteiger partial charge in [-0.05, 0) is 24.3 Å². The molecule has 0 amide bonds. The van der Waals surface area contributed by atoms with Gasteiger partial charge in [0.05, 0.1) is 18.3 Å². The number of carbonyl (C=O) groups excluding carboxylic acids is 1. The van der Waals surface area contributed by atoms with Gasteiger partial charge in [0.25, 0.3) is 0 Å². The second-order valence-electron chi connectivity index (χ2n) is 3.42. The number of hydrogen-bond donors (Lipinski definition) is 0. The zero-order valence-corrected chi connectivity index (χ0v) is 9.90. The van der Waals surface area contributed by atoms with Crippen LogP contribution in [0.4, 0.5) is 0 Å². The largest absolute Gasteiger partial charge is 0.504 e. The molecule has 0 N–H and O–H groups in total. The lowest BCUT2D eigenvalue weighted by atomic mass is 10.1. The first kappa shape index (κ1) is 11.6. The van der Waals surface area contributed by atoms with Crippen LogP contribution in [-0.4, -0.2) is 21.3 Å². The molecule has 88 valence electrons. The highest BCUT2D eigenvalue weighted by molar-refractivity contribution is 7.97. The lowest BCUT2D eigenvalue weighted by Crippen LogP contribution is -2.01. The van der Waals surface area contributed by atoms with Crippen molar-refractivity contribution in [3.05, 3.63) is 53.1 Å². The van der Waals surface area contributed by atoms with Crippen LogP contribution in [0.15, 0.2) is 52.5 Å². The van der Waals surface area contributed by atoms with E-state index in [9.17, 15) is 13.2 Å². The van der Waals surface area contributed by atoms with Gasteiger partial charge in [-0.2, -0.15) is 0 Å². The lowest BCUT2D eigenvalue weighted by Gasteiger charge is -1.94. The molecule has 0 aromatic heterocycles. The van der Waals surface area contributed by atoms with E-state index in [0.717, 1.165) is 0 Å². The van der Waals surface area contributed by atoms with Crippen LogP contribution in [0.2, 0.25) is 0 Å². The van der Waals surface area contributed by atoms with Crippen molar-refractivity contribution in [2.75, 3.05) is 7.11 Å². The predicted octanol–water partition coefficient (Wildman–Crippen LogP) is 1.70. The highest BCUT2D eigenvalue weighted by Crippen LogP contribution is 2.33. The smallest absolute Gasteiger partial charge is 0.211 e. The Labute approximate surface area is 99.1 Å². The van der Waals surface area contributed by atoms with Crippen molar-refractivity contribution in [1.29, 1.82) is 0 Å². The number of fused-ring (bicyclic) bond motifs is 1. The standard InChI is InChI=1S/C12H10O4S/c1-16-8-4-7-11-12(13)9-5-2-3-6-10(9)17(11,14)15/h2-8H,1H3/b8-4+,11-7+. The normalized spacial score (nSPS) is 19.8. The molecule has 1 aromatic rings. The Morgan fingerprint density at radius 1 is 1.24 bits per heavy atom. The molecule has 1 aliphatic rings. The van der Waals surface area contributed by atoms with Crippen molar-refractivity contribution in [1.82, 2.24) is 0 Å². The Kier molecular flexibility index (Phi) is 2.85. The molecule has 0 radical (unpaired) electrons. The Morgan fingerprint density at radius 3 is 2.59 bits per heavy atom. The molecule has 17 heavy (non-hydrogen) atoms. The molecule has 1 aromatic carbocycles. The van der Waals surface area contributed by atoms with Crippen LogP contribution in [0.1, 0.15) is 10.4 Å². The molecular formula is C12H10O4S. The van der Waals surface area contributed by atoms with E-state index in [0.29, 0.717) is 0 Å². The van der Waals surface area contributed by atoms with Gasteiger partial charge >= 0.3 is 0 Å². The summed E-state index contributed by atoms with van der Waals surface area (Å²) in [6.07, 6.45) is 3.94. The van der Waals surface area contributed by atoms with Crippen LogP contribution in [0, 0.1) is 0 Å². The zero-order chi connectivity index (χ0) is 12.5. The summed E-state index contributed by atoms with van der Waals surface area (Å²) < 4.78 is 28.7. The van der Waals surface area contributed by atoms with Gasteiger partial charge in [0.2, 0.25) is 15.6 Å². The average molecular weight is 250 g/mol. The fourth-order valence-electron chi connectivity index (χ4n) is 1.63. The van der Waals surface area contributed by atoms with Gasteiger partial charge in [0, 0.05) is 5.56 Å². The topological polar surface area (TPSA) is 60.4 Å². The Bertz CT molecular complexity index is 624. The molecule has 1 aliphatic heterocycles. The quantitative estimate of drug-likeness (QED) is 0.592. The van der Waals surface area contributed by atoms with Crippen LogP contribution in [0.5, 0.6) is 0 Å². The van der Waals surface area contributed by atoms with Crippen molar-refractivity contribution in [3.63, 3.8) is 0 Å². The summed E-state index contributed by atoms with van der Waals surface area (Å²) in [5, 5.41) is 0. The third-order valence-electron chi connectivity index (χ3n) is 2.40. The molecule has 0 atom stereocenters. The number of methoxy groups -OCH3 is 1. The second-order valence-corrected chi connectivity index (χ2v) is 5.31. The highest BCUT2D eigenvalue weighted by atomic mass is 32.2. The van der Waals surface area contributed by atoms with E-state index < -0.39 is 15.6 Å². The molecule has 1 heterocycles. The summed E-state index contributed by atoms with van der Waals surface area (Å²) >= 11 is 0. The van der Waals surface area contributed by atoms with Crippen LogP contribution in [-0.2, 0) is 14.6 Å². The highest BCUT2D eigenvalue weighted by Gasteiger charge is 2.38. The first-order valence-electron chi connectivity index (χ1n) is 4.87. The zero-order valence-electron chi connectivity index (χ0n) is 9.08. The molecule has 0 saturated carbocycles. The summed E-state index contributed by atoms with van der Waals surface area (Å²) in [4.78, 5) is 11.7. The van der Waals surface area contributed by atoms with Gasteiger partial charge in [0.1, 0.15) is 4.91 Å². The fraction of sp³-hybridized carbons (Fsp3) is 0.0833. The molecule has 0 saturated heterocycles. The lowest BCUT2D eigenvalue weighted by molar-refractivity contribution is 0.104. The maximum Gasteiger partial charge on any atom is 0.211 e. The first-order valence-corrected chi connectivity index (χ1v) is 6.36. The number of carbonyl (C=O) groups is 1. The monoisotopic (exact) mass is 250 g/mol. The van der Waals surface area contributed by atoms with E-state index in [1.807, 2.05) is 0 Å². The van der Waals surface area contributed by atoms with Crippen molar-refractivity contribution in [3.8, 4) is 0 Å². The van der Waals surface area contributed by atoms with E-state index in [2.05, 4.69) is 4.74 Å². The number of allylic oxidation sites excluding steroid dienone is 3. The van der Waals surface area contributed by atoms with Crippen LogP contribution in [0.25, 0.3) is 0 Å². The van der Waals surface area contributed by atoms with Gasteiger partial charge in [0.15, 0.2) is 0 Å². The Balaban J connectivity index is 2.59. The van der Waals surface area contributed by atoms with Gasteiger partial charge < -0.3 is 4.74 Å². The van der Waals surface area contributed by atoms with Crippen LogP contribution >= 0.6 is 0 Å². The van der Waals surface area contributed by atoms with E-state index in [1.165, 1.54) is 37.7 Å². The minimum Gasteiger partial charge on any atom is -0.504 e. The number of hydrogen-bond acceptors (Lipinski definition) is 4. The minimum atomic E-state index is -3.67. The van der Waals surface area contributed by atoms with E-state index in [1.54, 1.807) is 12.1 Å². The molecule has 0 unspecified atom stereocenters. The van der Waals surface area contributed by atoms with Crippen molar-refractivity contribution in [2.45, 2.75) is 4.90 Å². The van der Waals surface area contributed by atoms with Crippen LogP contribution in [0.3, 0.4) is 0 Å². The Morgan fingerprint density at radius 2 is 1.94 bits per heavy atom. The molecule has 0 aliphatic carbocycles. The number of ether oxygens (including phenoxy) is 1. The first-order chi connectivity index (χ1) is 8.09. The summed E-state index contributed by atoms with van der Waals surface area (Å²) in [5.41, 5.74) is 0.226. The Hall–Kier alpha value is -1.88. The van der Waals surface area contributed by atoms with Gasteiger partial charge in [-0.15, -0.1) is 0 Å². The third kappa shape index (κ3) is 1.78. The number of sulfone groups is 1. The third-order valence-corrected chi connectivity index (χ3v) is 4.23. The maximum atomic E-state index is 12.0. The van der Waals surface area contributed by atoms with Crippen molar-refractivity contribution < 1.29 is 17.9 Å². The molecule has 2 rings (SSSR count).